The number of aliphatic hydroxyl groups is 1. The van der Waals surface area contributed by atoms with Gasteiger partial charge in [0, 0.05) is 36.4 Å². The Morgan fingerprint density at radius 1 is 1.18 bits per heavy atom. The summed E-state index contributed by atoms with van der Waals surface area (Å²) >= 11 is 0. The second kappa shape index (κ2) is 12.4. The number of alkyl halides is 3. The number of benzene rings is 2. The number of amides is 3. The molecule has 3 rings (SSSR count). The number of sulfonamides is 1. The van der Waals surface area contributed by atoms with Gasteiger partial charge in [-0.05, 0) is 49.4 Å². The number of hydrogen-bond acceptors (Lipinski definition) is 6. The van der Waals surface area contributed by atoms with Crippen molar-refractivity contribution in [1.29, 1.82) is 0 Å². The molecule has 14 heteroatoms. The van der Waals surface area contributed by atoms with Crippen LogP contribution in [0.3, 0.4) is 0 Å². The summed E-state index contributed by atoms with van der Waals surface area (Å²) in [6, 6.07) is 7.37. The molecule has 10 nitrogen and oxygen atoms in total. The summed E-state index contributed by atoms with van der Waals surface area (Å²) in [6.07, 6.45) is -4.17. The lowest BCUT2D eigenvalue weighted by Gasteiger charge is -2.33. The van der Waals surface area contributed by atoms with Crippen LogP contribution in [0.15, 0.2) is 42.5 Å². The molecule has 220 valence electrons. The van der Waals surface area contributed by atoms with Crippen LogP contribution >= 0.6 is 0 Å². The molecule has 0 bridgehead atoms. The fourth-order valence-electron chi connectivity index (χ4n) is 4.15. The second-order valence-electron chi connectivity index (χ2n) is 9.91. The highest BCUT2D eigenvalue weighted by Gasteiger charge is 2.32. The zero-order chi connectivity index (χ0) is 29.8. The van der Waals surface area contributed by atoms with Crippen LogP contribution in [0.2, 0.25) is 0 Å². The molecule has 2 aromatic rings. The van der Waals surface area contributed by atoms with Crippen molar-refractivity contribution in [3.63, 3.8) is 0 Å². The Hall–Kier alpha value is -3.36. The first kappa shape index (κ1) is 31.2. The molecular weight excluding hydrogens is 553 g/mol. The Labute approximate surface area is 231 Å². The molecule has 0 radical (unpaired) electrons. The number of urea groups is 1. The average Bonchev–Trinajstić information content (AvgIpc) is 2.90. The second-order valence-corrected chi connectivity index (χ2v) is 12.0. The third-order valence-corrected chi connectivity index (χ3v) is 7.93. The lowest BCUT2D eigenvalue weighted by Crippen LogP contribution is -2.48. The maximum absolute atomic E-state index is 13.3. The predicted octanol–water partition coefficient (Wildman–Crippen LogP) is 3.39. The van der Waals surface area contributed by atoms with Crippen molar-refractivity contribution in [2.75, 3.05) is 43.6 Å². The molecule has 0 saturated heterocycles. The van der Waals surface area contributed by atoms with Crippen LogP contribution in [0.25, 0.3) is 0 Å². The number of anilines is 2. The van der Waals surface area contributed by atoms with Crippen molar-refractivity contribution in [1.82, 2.24) is 9.21 Å². The van der Waals surface area contributed by atoms with E-state index in [1.165, 1.54) is 24.1 Å². The first-order chi connectivity index (χ1) is 18.6. The van der Waals surface area contributed by atoms with Gasteiger partial charge in [-0.25, -0.2) is 17.5 Å². The van der Waals surface area contributed by atoms with Crippen molar-refractivity contribution in [2.45, 2.75) is 38.6 Å². The highest BCUT2D eigenvalue weighted by molar-refractivity contribution is 7.88. The minimum absolute atomic E-state index is 0.0184. The fourth-order valence-corrected chi connectivity index (χ4v) is 4.57. The molecule has 0 unspecified atom stereocenters. The molecular formula is C26H33F3N4O6S. The molecule has 1 aliphatic heterocycles. The number of carbonyl (C=O) groups excluding carboxylic acids is 2. The number of likely N-dealkylation sites (N-methyl/N-ethyl adjacent to an activating group) is 1. The van der Waals surface area contributed by atoms with E-state index in [2.05, 4.69) is 10.6 Å². The zero-order valence-electron chi connectivity index (χ0n) is 22.5. The van der Waals surface area contributed by atoms with E-state index in [1.807, 2.05) is 6.92 Å². The van der Waals surface area contributed by atoms with E-state index >= 15 is 0 Å². The standard InChI is InChI=1S/C26H33F3N4O6S/c1-16-13-33(17(2)15-34)24(35)12-18-11-21(9-10-22(18)39-23(16)14-32(3)40(4,37)38)31-25(36)30-20-7-5-19(6-8-20)26(27,28)29/h5-11,16-17,23,34H,12-15H2,1-4H3,(H2,30,31,36)/t16-,17+,23-/m0/s1. The molecule has 0 aliphatic carbocycles. The molecule has 0 fully saturated rings. The Morgan fingerprint density at radius 3 is 2.35 bits per heavy atom. The van der Waals surface area contributed by atoms with E-state index in [0.717, 1.165) is 34.8 Å². The van der Waals surface area contributed by atoms with Gasteiger partial charge in [-0.2, -0.15) is 13.2 Å². The molecule has 3 atom stereocenters. The molecule has 3 amide bonds. The third kappa shape index (κ3) is 8.08. The van der Waals surface area contributed by atoms with Crippen LogP contribution in [0.4, 0.5) is 29.3 Å². The van der Waals surface area contributed by atoms with Gasteiger partial charge in [0.15, 0.2) is 0 Å². The van der Waals surface area contributed by atoms with Crippen LogP contribution in [0.5, 0.6) is 5.75 Å². The predicted molar refractivity (Wildman–Crippen MR) is 144 cm³/mol. The summed E-state index contributed by atoms with van der Waals surface area (Å²) in [5.74, 6) is -0.263. The Kier molecular flexibility index (Phi) is 9.69. The van der Waals surface area contributed by atoms with Gasteiger partial charge >= 0.3 is 12.2 Å². The Morgan fingerprint density at radius 2 is 1.77 bits per heavy atom. The van der Waals surface area contributed by atoms with E-state index in [9.17, 15) is 36.3 Å². The molecule has 0 spiro atoms. The molecule has 0 saturated carbocycles. The van der Waals surface area contributed by atoms with Crippen molar-refractivity contribution in [2.24, 2.45) is 5.92 Å². The largest absolute Gasteiger partial charge is 0.488 e. The van der Waals surface area contributed by atoms with Gasteiger partial charge in [0.05, 0.1) is 37.4 Å². The van der Waals surface area contributed by atoms with Crippen molar-refractivity contribution < 1.29 is 41.0 Å². The number of rotatable bonds is 7. The van der Waals surface area contributed by atoms with Gasteiger partial charge in [-0.15, -0.1) is 0 Å². The van der Waals surface area contributed by atoms with Crippen LogP contribution in [-0.4, -0.2) is 79.8 Å². The SMILES string of the molecule is C[C@H](CO)N1C[C@H](C)[C@H](CN(C)S(C)(=O)=O)Oc2ccc(NC(=O)Nc3ccc(C(F)(F)F)cc3)cc2CC1=O. The first-order valence-electron chi connectivity index (χ1n) is 12.4. The lowest BCUT2D eigenvalue weighted by atomic mass is 10.0. The van der Waals surface area contributed by atoms with Gasteiger partial charge < -0.3 is 25.4 Å². The average molecular weight is 587 g/mol. The van der Waals surface area contributed by atoms with Gasteiger partial charge in [0.2, 0.25) is 15.9 Å². The van der Waals surface area contributed by atoms with E-state index in [0.29, 0.717) is 17.0 Å². The molecule has 1 aliphatic rings. The van der Waals surface area contributed by atoms with E-state index in [1.54, 1.807) is 13.0 Å². The van der Waals surface area contributed by atoms with Crippen molar-refractivity contribution in [3.05, 3.63) is 53.6 Å². The molecule has 3 N–H and O–H groups in total. The molecule has 40 heavy (non-hydrogen) atoms. The Balaban J connectivity index is 1.86. The van der Waals surface area contributed by atoms with Gasteiger partial charge in [0.25, 0.3) is 0 Å². The van der Waals surface area contributed by atoms with Crippen LogP contribution in [0.1, 0.15) is 25.0 Å². The zero-order valence-corrected chi connectivity index (χ0v) is 23.3. The topological polar surface area (TPSA) is 128 Å². The van der Waals surface area contributed by atoms with Crippen molar-refractivity contribution in [3.8, 4) is 5.75 Å². The summed E-state index contributed by atoms with van der Waals surface area (Å²) < 4.78 is 69.9. The van der Waals surface area contributed by atoms with E-state index in [-0.39, 0.29) is 43.6 Å². The number of ether oxygens (including phenoxy) is 1. The highest BCUT2D eigenvalue weighted by Crippen LogP contribution is 2.31. The minimum atomic E-state index is -4.50. The summed E-state index contributed by atoms with van der Waals surface area (Å²) in [4.78, 5) is 27.3. The monoisotopic (exact) mass is 586 g/mol. The van der Waals surface area contributed by atoms with Crippen LogP contribution < -0.4 is 15.4 Å². The van der Waals surface area contributed by atoms with Gasteiger partial charge in [0.1, 0.15) is 11.9 Å². The number of nitrogens with zero attached hydrogens (tertiary/aromatic N) is 2. The van der Waals surface area contributed by atoms with E-state index in [4.69, 9.17) is 4.74 Å². The van der Waals surface area contributed by atoms with Crippen molar-refractivity contribution >= 4 is 33.3 Å². The molecule has 2 aromatic carbocycles. The number of halogens is 3. The maximum Gasteiger partial charge on any atom is 0.416 e. The third-order valence-electron chi connectivity index (χ3n) is 6.65. The highest BCUT2D eigenvalue weighted by atomic mass is 32.2. The normalized spacial score (nSPS) is 19.1. The number of aliphatic hydroxyl groups excluding tert-OH is 1. The van der Waals surface area contributed by atoms with Crippen LogP contribution in [0, 0.1) is 5.92 Å². The first-order valence-corrected chi connectivity index (χ1v) is 14.3. The summed E-state index contributed by atoms with van der Waals surface area (Å²) in [5.41, 5.74) is 0.0137. The fraction of sp³-hybridized carbons (Fsp3) is 0.462. The minimum Gasteiger partial charge on any atom is -0.488 e. The number of carbonyl (C=O) groups is 2. The Bertz CT molecular complexity index is 1320. The maximum atomic E-state index is 13.3. The van der Waals surface area contributed by atoms with Gasteiger partial charge in [-0.1, -0.05) is 6.92 Å². The molecule has 1 heterocycles. The number of fused-ring (bicyclic) bond motifs is 1. The molecule has 0 aromatic heterocycles. The quantitative estimate of drug-likeness (QED) is 0.457. The number of nitrogens with one attached hydrogen (secondary N) is 2. The summed E-state index contributed by atoms with van der Waals surface area (Å²) in [6.45, 7) is 3.50. The lowest BCUT2D eigenvalue weighted by molar-refractivity contribution is -0.137. The summed E-state index contributed by atoms with van der Waals surface area (Å²) in [5, 5.41) is 14.8. The summed E-state index contributed by atoms with van der Waals surface area (Å²) in [7, 11) is -2.08. The van der Waals surface area contributed by atoms with Crippen LogP contribution in [-0.2, 0) is 27.4 Å². The van der Waals surface area contributed by atoms with Gasteiger partial charge in [-0.3, -0.25) is 4.79 Å². The number of hydrogen-bond donors (Lipinski definition) is 3. The van der Waals surface area contributed by atoms with E-state index < -0.39 is 39.9 Å². The smallest absolute Gasteiger partial charge is 0.416 e.